The summed E-state index contributed by atoms with van der Waals surface area (Å²) in [5, 5.41) is 17.9. The number of carboxylic acids is 2. The van der Waals surface area contributed by atoms with E-state index >= 15 is 0 Å². The third-order valence-electron chi connectivity index (χ3n) is 0.167. The Kier molecular flexibility index (Phi) is 31.1. The average molecular weight is 185 g/mol. The fourth-order valence-corrected chi connectivity index (χ4v) is 0. The van der Waals surface area contributed by atoms with Gasteiger partial charge in [0, 0.05) is 0 Å². The van der Waals surface area contributed by atoms with E-state index in [1.807, 2.05) is 0 Å². The van der Waals surface area contributed by atoms with Crippen LogP contribution in [0.25, 0.3) is 0 Å². The third-order valence-corrected chi connectivity index (χ3v) is 0.167. The molecule has 0 rings (SSSR count). The van der Waals surface area contributed by atoms with Crippen molar-refractivity contribution in [3.63, 3.8) is 0 Å². The molecule has 0 atom stereocenters. The van der Waals surface area contributed by atoms with Crippen LogP contribution in [0.15, 0.2) is 0 Å². The van der Waals surface area contributed by atoms with E-state index < -0.39 is 11.9 Å². The molecule has 0 heterocycles. The summed E-state index contributed by atoms with van der Waals surface area (Å²) in [6.45, 7) is 0. The quantitative estimate of drug-likeness (QED) is 0.275. The first-order valence-corrected chi connectivity index (χ1v) is 1.07. The maximum Gasteiger partial charge on any atom is 2.00 e. The van der Waals surface area contributed by atoms with Gasteiger partial charge in [0.05, 0.1) is 11.9 Å². The average Bonchev–Trinajstić information content (AvgIpc) is 1.36. The van der Waals surface area contributed by atoms with Crippen LogP contribution in [-0.4, -0.2) is 55.2 Å². The topological polar surface area (TPSA) is 112 Å². The molecule has 5 nitrogen and oxygen atoms in total. The van der Waals surface area contributed by atoms with Crippen molar-refractivity contribution in [3.8, 4) is 0 Å². The maximum atomic E-state index is 8.93. The summed E-state index contributed by atoms with van der Waals surface area (Å²) in [7, 11) is 0. The van der Waals surface area contributed by atoms with Gasteiger partial charge in [0.15, 0.2) is 0 Å². The van der Waals surface area contributed by atoms with E-state index in [0.717, 1.165) is 0 Å². The Balaban J connectivity index is -0.0000000417. The second kappa shape index (κ2) is 12.5. The normalized spacial score (nSPS) is 4.89. The van der Waals surface area contributed by atoms with Gasteiger partial charge in [0.25, 0.3) is 0 Å². The van der Waals surface area contributed by atoms with Gasteiger partial charge in [-0.25, -0.2) is 0 Å². The monoisotopic (exact) mass is 185 g/mol. The fourth-order valence-electron chi connectivity index (χ4n) is 0. The minimum absolute atomic E-state index is 0. The zero-order valence-electron chi connectivity index (χ0n) is 4.84. The predicted octanol–water partition coefficient (Wildman–Crippen LogP) is -7.72. The summed E-state index contributed by atoms with van der Waals surface area (Å²) < 4.78 is 0. The standard InChI is InChI=1S/C2H2O4.Ca.K.H2O/c3-1(4)2(5)6;;;/h(H,3,4)(H,5,6);;;1H2/q;+2;+1;/p-2. The number of rotatable bonds is 0. The van der Waals surface area contributed by atoms with Gasteiger partial charge < -0.3 is 25.3 Å². The Labute approximate surface area is 124 Å². The molecule has 2 N–H and O–H groups in total. The molecule has 0 saturated carbocycles. The zero-order valence-corrected chi connectivity index (χ0v) is 10.2. The van der Waals surface area contributed by atoms with Gasteiger partial charge in [-0.05, 0) is 0 Å². The molecule has 0 aliphatic heterocycles. The molecule has 0 aromatic rings. The number of hydrogen-bond donors (Lipinski definition) is 0. The van der Waals surface area contributed by atoms with Gasteiger partial charge in [-0.3, -0.25) is 0 Å². The van der Waals surface area contributed by atoms with Crippen LogP contribution in [0.4, 0.5) is 0 Å². The molecule has 0 saturated heterocycles. The van der Waals surface area contributed by atoms with Gasteiger partial charge in [-0.1, -0.05) is 0 Å². The second-order valence-corrected chi connectivity index (χ2v) is 0.575. The Morgan fingerprint density at radius 1 is 1.00 bits per heavy atom. The minimum Gasteiger partial charge on any atom is -0.543 e. The SMILES string of the molecule is O.O=C([O-])C(=O)[O-].[Ca+2].[K+]. The molecule has 0 aromatic heterocycles. The molecule has 0 aliphatic carbocycles. The van der Waals surface area contributed by atoms with Crippen molar-refractivity contribution in [2.45, 2.75) is 0 Å². The first-order valence-electron chi connectivity index (χ1n) is 1.07. The summed E-state index contributed by atoms with van der Waals surface area (Å²) in [6, 6.07) is 0. The molecule has 0 unspecified atom stereocenters. The van der Waals surface area contributed by atoms with E-state index in [2.05, 4.69) is 0 Å². The van der Waals surface area contributed by atoms with Crippen molar-refractivity contribution in [2.75, 3.05) is 0 Å². The molecule has 7 heteroatoms. The van der Waals surface area contributed by atoms with Crippen molar-refractivity contribution in [1.82, 2.24) is 0 Å². The van der Waals surface area contributed by atoms with Crippen LogP contribution in [0.5, 0.6) is 0 Å². The Hall–Kier alpha value is 1.80. The molecular formula is C2H2CaKO5+. The van der Waals surface area contributed by atoms with E-state index in [4.69, 9.17) is 19.8 Å². The van der Waals surface area contributed by atoms with Crippen LogP contribution < -0.4 is 61.6 Å². The van der Waals surface area contributed by atoms with Crippen molar-refractivity contribution in [3.05, 3.63) is 0 Å². The van der Waals surface area contributed by atoms with Crippen LogP contribution in [0.2, 0.25) is 0 Å². The molecule has 0 amide bonds. The largest absolute Gasteiger partial charge is 2.00 e. The van der Waals surface area contributed by atoms with Gasteiger partial charge in [0.2, 0.25) is 0 Å². The summed E-state index contributed by atoms with van der Waals surface area (Å²) in [4.78, 5) is 17.9. The van der Waals surface area contributed by atoms with Crippen LogP contribution in [-0.2, 0) is 9.59 Å². The first-order chi connectivity index (χ1) is 2.64. The van der Waals surface area contributed by atoms with E-state index in [1.165, 1.54) is 0 Å². The summed E-state index contributed by atoms with van der Waals surface area (Å²) in [5.41, 5.74) is 0. The minimum atomic E-state index is -2.19. The third kappa shape index (κ3) is 17.7. The van der Waals surface area contributed by atoms with E-state index in [9.17, 15) is 0 Å². The van der Waals surface area contributed by atoms with Crippen LogP contribution in [0.1, 0.15) is 0 Å². The number of carboxylic acid groups (broad SMARTS) is 2. The molecule has 0 aromatic carbocycles. The number of hydrogen-bond acceptors (Lipinski definition) is 4. The van der Waals surface area contributed by atoms with Crippen molar-refractivity contribution in [2.24, 2.45) is 0 Å². The molecule has 0 aliphatic rings. The number of carbonyl (C=O) groups is 2. The number of aliphatic carboxylic acids is 2. The smallest absolute Gasteiger partial charge is 0.543 e. The fraction of sp³-hybridized carbons (Fsp3) is 0. The first kappa shape index (κ1) is 22.4. The Morgan fingerprint density at radius 3 is 1.11 bits per heavy atom. The predicted molar refractivity (Wildman–Crippen MR) is 19.4 cm³/mol. The zero-order chi connectivity index (χ0) is 5.15. The van der Waals surface area contributed by atoms with Crippen molar-refractivity contribution < 1.29 is 76.7 Å². The Bertz CT molecular complexity index is 81.0. The second-order valence-electron chi connectivity index (χ2n) is 0.575. The molecule has 9 heavy (non-hydrogen) atoms. The van der Waals surface area contributed by atoms with Crippen LogP contribution in [0.3, 0.4) is 0 Å². The molecule has 0 spiro atoms. The maximum absolute atomic E-state index is 8.93. The van der Waals surface area contributed by atoms with Crippen molar-refractivity contribution in [1.29, 1.82) is 0 Å². The summed E-state index contributed by atoms with van der Waals surface area (Å²) in [6.07, 6.45) is 0. The summed E-state index contributed by atoms with van der Waals surface area (Å²) in [5.74, 6) is -4.37. The Morgan fingerprint density at radius 2 is 1.11 bits per heavy atom. The van der Waals surface area contributed by atoms with Gasteiger partial charge in [-0.15, -0.1) is 0 Å². The molecular weight excluding hydrogens is 183 g/mol. The molecule has 0 radical (unpaired) electrons. The van der Waals surface area contributed by atoms with Gasteiger partial charge >= 0.3 is 89.1 Å². The van der Waals surface area contributed by atoms with Crippen LogP contribution in [0, 0.1) is 0 Å². The van der Waals surface area contributed by atoms with Crippen LogP contribution >= 0.6 is 0 Å². The van der Waals surface area contributed by atoms with Gasteiger partial charge in [0.1, 0.15) is 0 Å². The van der Waals surface area contributed by atoms with E-state index in [0.29, 0.717) is 0 Å². The van der Waals surface area contributed by atoms with E-state index in [1.54, 1.807) is 0 Å². The van der Waals surface area contributed by atoms with Crippen molar-refractivity contribution >= 4 is 49.7 Å². The molecule has 0 bridgehead atoms. The number of carbonyl (C=O) groups excluding carboxylic acids is 2. The van der Waals surface area contributed by atoms with E-state index in [-0.39, 0.29) is 94.6 Å². The molecule has 42 valence electrons. The molecule has 0 fully saturated rings. The summed E-state index contributed by atoms with van der Waals surface area (Å²) >= 11 is 0. The van der Waals surface area contributed by atoms with Gasteiger partial charge in [-0.2, -0.15) is 0 Å².